The zero-order valence-corrected chi connectivity index (χ0v) is 17.1. The van der Waals surface area contributed by atoms with Gasteiger partial charge < -0.3 is 5.32 Å². The molecule has 0 aliphatic heterocycles. The molecule has 27 heavy (non-hydrogen) atoms. The number of hydrogen-bond donors (Lipinski definition) is 1. The highest BCUT2D eigenvalue weighted by Crippen LogP contribution is 2.29. The first-order valence-electron chi connectivity index (χ1n) is 8.48. The Balaban J connectivity index is 1.67. The van der Waals surface area contributed by atoms with E-state index in [9.17, 15) is 9.59 Å². The molecule has 1 heterocycles. The molecular weight excluding hydrogens is 426 g/mol. The molecule has 0 aliphatic rings. The molecule has 138 valence electrons. The van der Waals surface area contributed by atoms with Crippen LogP contribution >= 0.6 is 27.7 Å². The van der Waals surface area contributed by atoms with Crippen molar-refractivity contribution in [3.8, 4) is 0 Å². The molecule has 5 nitrogen and oxygen atoms in total. The van der Waals surface area contributed by atoms with Crippen LogP contribution in [-0.2, 0) is 6.54 Å². The van der Waals surface area contributed by atoms with Gasteiger partial charge in [0.1, 0.15) is 5.69 Å². The van der Waals surface area contributed by atoms with E-state index in [2.05, 4.69) is 26.3 Å². The number of aryl methyl sites for hydroxylation is 1. The average molecular weight is 444 g/mol. The quantitative estimate of drug-likeness (QED) is 0.592. The van der Waals surface area contributed by atoms with E-state index in [1.807, 2.05) is 55.5 Å². The smallest absolute Gasteiger partial charge is 0.276 e. The summed E-state index contributed by atoms with van der Waals surface area (Å²) >= 11 is 5.07. The summed E-state index contributed by atoms with van der Waals surface area (Å²) in [4.78, 5) is 26.3. The van der Waals surface area contributed by atoms with E-state index < -0.39 is 0 Å². The first kappa shape index (κ1) is 19.4. The fraction of sp³-hybridized carbons (Fsp3) is 0.150. The Kier molecular flexibility index (Phi) is 6.47. The second-order valence-corrected chi connectivity index (χ2v) is 7.88. The normalized spacial score (nSPS) is 10.6. The molecule has 1 aromatic heterocycles. The summed E-state index contributed by atoms with van der Waals surface area (Å²) in [6.45, 7) is 2.44. The molecule has 3 rings (SSSR count). The van der Waals surface area contributed by atoms with E-state index in [4.69, 9.17) is 0 Å². The number of halogens is 1. The van der Waals surface area contributed by atoms with Gasteiger partial charge in [-0.2, -0.15) is 5.10 Å². The van der Waals surface area contributed by atoms with Gasteiger partial charge in [0.2, 0.25) is 0 Å². The number of anilines is 1. The molecule has 0 atom stereocenters. The van der Waals surface area contributed by atoms with Crippen molar-refractivity contribution >= 4 is 39.3 Å². The Bertz CT molecular complexity index is 985. The number of carbonyl (C=O) groups excluding carboxylic acids is 1. The molecular formula is C20H18BrN3O2S. The zero-order valence-electron chi connectivity index (χ0n) is 14.7. The second kappa shape index (κ2) is 9.01. The highest BCUT2D eigenvalue weighted by Gasteiger charge is 2.10. The van der Waals surface area contributed by atoms with Gasteiger partial charge in [0.15, 0.2) is 0 Å². The van der Waals surface area contributed by atoms with Gasteiger partial charge in [-0.15, -0.1) is 0 Å². The zero-order chi connectivity index (χ0) is 19.2. The Morgan fingerprint density at radius 2 is 1.67 bits per heavy atom. The molecule has 1 amide bonds. The van der Waals surface area contributed by atoms with Crippen LogP contribution in [0.15, 0.2) is 79.7 Å². The maximum absolute atomic E-state index is 12.4. The van der Waals surface area contributed by atoms with Crippen LogP contribution in [0.5, 0.6) is 0 Å². The number of aromatic nitrogens is 2. The standard InChI is InChI=1S/C20H18BrN3O2S/c1-2-13-24-19(25)12-11-18(23-24)20(26)22-15-5-9-17(10-6-15)27-16-7-3-14(21)4-8-16/h3-12H,2,13H2,1H3,(H,22,26). The van der Waals surface area contributed by atoms with Crippen LogP contribution in [-0.4, -0.2) is 15.7 Å². The van der Waals surface area contributed by atoms with Gasteiger partial charge in [-0.05, 0) is 61.0 Å². The lowest BCUT2D eigenvalue weighted by atomic mass is 10.3. The minimum Gasteiger partial charge on any atom is -0.321 e. The minimum absolute atomic E-state index is 0.206. The first-order chi connectivity index (χ1) is 13.0. The molecule has 0 radical (unpaired) electrons. The summed E-state index contributed by atoms with van der Waals surface area (Å²) in [6.07, 6.45) is 0.773. The molecule has 1 N–H and O–H groups in total. The van der Waals surface area contributed by atoms with Gasteiger partial charge in [-0.3, -0.25) is 9.59 Å². The lowest BCUT2D eigenvalue weighted by Gasteiger charge is -2.08. The van der Waals surface area contributed by atoms with Crippen molar-refractivity contribution in [1.82, 2.24) is 9.78 Å². The van der Waals surface area contributed by atoms with E-state index in [-0.39, 0.29) is 17.2 Å². The molecule has 0 fully saturated rings. The maximum Gasteiger partial charge on any atom is 0.276 e. The first-order valence-corrected chi connectivity index (χ1v) is 10.1. The van der Waals surface area contributed by atoms with Crippen LogP contribution in [0, 0.1) is 0 Å². The second-order valence-electron chi connectivity index (χ2n) is 5.81. The van der Waals surface area contributed by atoms with Gasteiger partial charge in [0, 0.05) is 32.6 Å². The topological polar surface area (TPSA) is 64.0 Å². The number of amides is 1. The fourth-order valence-electron chi connectivity index (χ4n) is 2.38. The predicted octanol–water partition coefficient (Wildman–Crippen LogP) is 4.82. The van der Waals surface area contributed by atoms with Crippen molar-refractivity contribution in [3.05, 3.63) is 81.2 Å². The molecule has 2 aromatic carbocycles. The number of benzene rings is 2. The van der Waals surface area contributed by atoms with Crippen molar-refractivity contribution in [2.24, 2.45) is 0 Å². The Labute approximate surface area is 169 Å². The van der Waals surface area contributed by atoms with E-state index in [0.717, 1.165) is 20.7 Å². The third-order valence-electron chi connectivity index (χ3n) is 3.70. The van der Waals surface area contributed by atoms with Gasteiger partial charge in [-0.25, -0.2) is 4.68 Å². The van der Waals surface area contributed by atoms with E-state index in [1.165, 1.54) is 16.8 Å². The van der Waals surface area contributed by atoms with Crippen LogP contribution in [0.25, 0.3) is 0 Å². The largest absolute Gasteiger partial charge is 0.321 e. The summed E-state index contributed by atoms with van der Waals surface area (Å²) in [5, 5.41) is 6.94. The molecule has 7 heteroatoms. The molecule has 3 aromatic rings. The Morgan fingerprint density at radius 1 is 1.04 bits per heavy atom. The van der Waals surface area contributed by atoms with E-state index in [0.29, 0.717) is 12.2 Å². The van der Waals surface area contributed by atoms with Gasteiger partial charge in [0.05, 0.1) is 0 Å². The third-order valence-corrected chi connectivity index (χ3v) is 5.24. The summed E-state index contributed by atoms with van der Waals surface area (Å²) in [5.41, 5.74) is 0.689. The maximum atomic E-state index is 12.4. The molecule has 0 saturated carbocycles. The average Bonchev–Trinajstić information content (AvgIpc) is 2.67. The van der Waals surface area contributed by atoms with Crippen molar-refractivity contribution in [1.29, 1.82) is 0 Å². The van der Waals surface area contributed by atoms with Crippen LogP contribution < -0.4 is 10.9 Å². The number of rotatable bonds is 6. The third kappa shape index (κ3) is 5.30. The molecule has 0 saturated heterocycles. The van der Waals surface area contributed by atoms with Crippen LogP contribution in [0.4, 0.5) is 5.69 Å². The van der Waals surface area contributed by atoms with Crippen LogP contribution in [0.3, 0.4) is 0 Å². The number of nitrogens with one attached hydrogen (secondary N) is 1. The summed E-state index contributed by atoms with van der Waals surface area (Å²) in [6, 6.07) is 18.5. The molecule has 0 aliphatic carbocycles. The summed E-state index contributed by atoms with van der Waals surface area (Å²) in [5.74, 6) is -0.340. The van der Waals surface area contributed by atoms with Gasteiger partial charge in [-0.1, -0.05) is 34.6 Å². The monoisotopic (exact) mass is 443 g/mol. The van der Waals surface area contributed by atoms with Crippen molar-refractivity contribution in [2.75, 3.05) is 5.32 Å². The van der Waals surface area contributed by atoms with Crippen LogP contribution in [0.2, 0.25) is 0 Å². The molecule has 0 bridgehead atoms. The van der Waals surface area contributed by atoms with Crippen molar-refractivity contribution < 1.29 is 4.79 Å². The van der Waals surface area contributed by atoms with Crippen LogP contribution in [0.1, 0.15) is 23.8 Å². The summed E-state index contributed by atoms with van der Waals surface area (Å²) in [7, 11) is 0. The SMILES string of the molecule is CCCn1nc(C(=O)Nc2ccc(Sc3ccc(Br)cc3)cc2)ccc1=O. The van der Waals surface area contributed by atoms with E-state index in [1.54, 1.807) is 11.8 Å². The minimum atomic E-state index is -0.340. The summed E-state index contributed by atoms with van der Waals surface area (Å²) < 4.78 is 2.36. The van der Waals surface area contributed by atoms with E-state index >= 15 is 0 Å². The lowest BCUT2D eigenvalue weighted by molar-refractivity contribution is 0.102. The number of nitrogens with zero attached hydrogens (tertiary/aromatic N) is 2. The highest BCUT2D eigenvalue weighted by atomic mass is 79.9. The van der Waals surface area contributed by atoms with Gasteiger partial charge >= 0.3 is 0 Å². The Morgan fingerprint density at radius 3 is 2.30 bits per heavy atom. The van der Waals surface area contributed by atoms with Crippen molar-refractivity contribution in [2.45, 2.75) is 29.7 Å². The number of carbonyl (C=O) groups is 1. The fourth-order valence-corrected chi connectivity index (χ4v) is 3.46. The predicted molar refractivity (Wildman–Crippen MR) is 111 cm³/mol. The van der Waals surface area contributed by atoms with Crippen molar-refractivity contribution in [3.63, 3.8) is 0 Å². The molecule has 0 unspecified atom stereocenters. The highest BCUT2D eigenvalue weighted by molar-refractivity contribution is 9.10. The Hall–Kier alpha value is -2.38. The molecule has 0 spiro atoms. The lowest BCUT2D eigenvalue weighted by Crippen LogP contribution is -2.26. The van der Waals surface area contributed by atoms with Gasteiger partial charge in [0.25, 0.3) is 11.5 Å². The number of hydrogen-bond acceptors (Lipinski definition) is 4.